The Morgan fingerprint density at radius 2 is 2.38 bits per heavy atom. The van der Waals surface area contributed by atoms with Gasteiger partial charge in [-0.3, -0.25) is 4.79 Å². The highest BCUT2D eigenvalue weighted by Gasteiger charge is 1.93. The minimum atomic E-state index is -0.744. The molecule has 0 bridgehead atoms. The maximum Gasteiger partial charge on any atom is 0.303 e. The van der Waals surface area contributed by atoms with Gasteiger partial charge in [-0.1, -0.05) is 6.08 Å². The summed E-state index contributed by atoms with van der Waals surface area (Å²) in [5, 5.41) is 8.38. The molecule has 1 rings (SSSR count). The van der Waals surface area contributed by atoms with E-state index in [0.717, 1.165) is 0 Å². The van der Waals surface area contributed by atoms with E-state index >= 15 is 0 Å². The van der Waals surface area contributed by atoms with Crippen molar-refractivity contribution < 1.29 is 9.90 Å². The molecule has 0 radical (unpaired) electrons. The minimum absolute atomic E-state index is 0.209. The van der Waals surface area contributed by atoms with Crippen molar-refractivity contribution in [3.8, 4) is 0 Å². The number of hydrogen-bond acceptors (Lipinski definition) is 2. The Labute approximate surface area is 81.5 Å². The fourth-order valence-corrected chi connectivity index (χ4v) is 1.76. The topological polar surface area (TPSA) is 37.3 Å². The zero-order valence-electron chi connectivity index (χ0n) is 7.49. The van der Waals surface area contributed by atoms with Gasteiger partial charge in [-0.05, 0) is 31.6 Å². The zero-order valence-corrected chi connectivity index (χ0v) is 8.30. The third kappa shape index (κ3) is 3.90. The van der Waals surface area contributed by atoms with Gasteiger partial charge in [0.2, 0.25) is 0 Å². The van der Waals surface area contributed by atoms with Crippen molar-refractivity contribution in [2.75, 3.05) is 0 Å². The molecule has 0 atom stereocenters. The molecule has 70 valence electrons. The zero-order chi connectivity index (χ0) is 9.68. The highest BCUT2D eigenvalue weighted by molar-refractivity contribution is 7.12. The van der Waals surface area contributed by atoms with Gasteiger partial charge in [0.15, 0.2) is 0 Å². The van der Waals surface area contributed by atoms with Gasteiger partial charge in [0.1, 0.15) is 0 Å². The summed E-state index contributed by atoms with van der Waals surface area (Å²) < 4.78 is 0. The van der Waals surface area contributed by atoms with Gasteiger partial charge in [0, 0.05) is 16.2 Å². The molecule has 0 saturated carbocycles. The number of carboxylic acids is 1. The summed E-state index contributed by atoms with van der Waals surface area (Å²) in [7, 11) is 0. The van der Waals surface area contributed by atoms with Crippen molar-refractivity contribution >= 4 is 23.4 Å². The Bertz CT molecular complexity index is 312. The van der Waals surface area contributed by atoms with E-state index in [0.29, 0.717) is 6.42 Å². The van der Waals surface area contributed by atoms with Gasteiger partial charge in [-0.25, -0.2) is 0 Å². The van der Waals surface area contributed by atoms with Crippen molar-refractivity contribution in [3.05, 3.63) is 28.0 Å². The van der Waals surface area contributed by atoms with Crippen LogP contribution in [0.2, 0.25) is 0 Å². The summed E-state index contributed by atoms with van der Waals surface area (Å²) >= 11 is 1.71. The lowest BCUT2D eigenvalue weighted by molar-refractivity contribution is -0.136. The van der Waals surface area contributed by atoms with Crippen LogP contribution < -0.4 is 0 Å². The fraction of sp³-hybridized carbons (Fsp3) is 0.300. The molecule has 0 aliphatic heterocycles. The van der Waals surface area contributed by atoms with E-state index in [1.807, 2.05) is 18.2 Å². The first kappa shape index (κ1) is 9.99. The minimum Gasteiger partial charge on any atom is -0.481 e. The van der Waals surface area contributed by atoms with Gasteiger partial charge >= 0.3 is 5.97 Å². The first-order chi connectivity index (χ1) is 6.18. The molecule has 0 aliphatic carbocycles. The molecule has 0 aromatic carbocycles. The van der Waals surface area contributed by atoms with Crippen LogP contribution in [-0.4, -0.2) is 11.1 Å². The summed E-state index contributed by atoms with van der Waals surface area (Å²) in [6.07, 6.45) is 4.69. The quantitative estimate of drug-likeness (QED) is 0.803. The predicted molar refractivity (Wildman–Crippen MR) is 55.0 cm³/mol. The monoisotopic (exact) mass is 196 g/mol. The molecule has 0 saturated heterocycles. The molecule has 3 heteroatoms. The van der Waals surface area contributed by atoms with Crippen LogP contribution in [0, 0.1) is 6.92 Å². The van der Waals surface area contributed by atoms with E-state index in [1.54, 1.807) is 11.3 Å². The lowest BCUT2D eigenvalue weighted by atomic mass is 10.3. The van der Waals surface area contributed by atoms with Crippen LogP contribution >= 0.6 is 11.3 Å². The number of aryl methyl sites for hydroxylation is 1. The molecule has 0 amide bonds. The Hall–Kier alpha value is -1.09. The van der Waals surface area contributed by atoms with Crippen LogP contribution in [0.1, 0.15) is 22.6 Å². The molecule has 1 N–H and O–H groups in total. The average Bonchev–Trinajstić information content (AvgIpc) is 2.45. The third-order valence-electron chi connectivity index (χ3n) is 1.57. The molecule has 1 heterocycles. The second kappa shape index (κ2) is 4.82. The van der Waals surface area contributed by atoms with Crippen LogP contribution in [-0.2, 0) is 4.79 Å². The summed E-state index contributed by atoms with van der Waals surface area (Å²) in [6.45, 7) is 2.05. The van der Waals surface area contributed by atoms with Crippen molar-refractivity contribution in [2.45, 2.75) is 19.8 Å². The molecule has 0 aliphatic rings. The first-order valence-corrected chi connectivity index (χ1v) is 4.95. The van der Waals surface area contributed by atoms with Crippen LogP contribution in [0.15, 0.2) is 18.2 Å². The summed E-state index contributed by atoms with van der Waals surface area (Å²) in [6, 6.07) is 4.10. The van der Waals surface area contributed by atoms with E-state index < -0.39 is 5.97 Å². The maximum absolute atomic E-state index is 10.2. The highest BCUT2D eigenvalue weighted by Crippen LogP contribution is 2.16. The molecule has 0 fully saturated rings. The summed E-state index contributed by atoms with van der Waals surface area (Å²) in [4.78, 5) is 12.6. The maximum atomic E-state index is 10.2. The number of hydrogen-bond donors (Lipinski definition) is 1. The lowest BCUT2D eigenvalue weighted by Gasteiger charge is -1.86. The van der Waals surface area contributed by atoms with Crippen LogP contribution in [0.3, 0.4) is 0 Å². The van der Waals surface area contributed by atoms with Crippen molar-refractivity contribution in [3.63, 3.8) is 0 Å². The van der Waals surface area contributed by atoms with Gasteiger partial charge in [-0.15, -0.1) is 11.3 Å². The average molecular weight is 196 g/mol. The van der Waals surface area contributed by atoms with E-state index in [2.05, 4.69) is 13.0 Å². The van der Waals surface area contributed by atoms with Gasteiger partial charge in [0.05, 0.1) is 0 Å². The Kier molecular flexibility index (Phi) is 3.71. The number of carbonyl (C=O) groups is 1. The number of thiophene rings is 1. The van der Waals surface area contributed by atoms with E-state index in [-0.39, 0.29) is 6.42 Å². The number of allylic oxidation sites excluding steroid dienone is 1. The second-order valence-electron chi connectivity index (χ2n) is 2.78. The Morgan fingerprint density at radius 1 is 1.62 bits per heavy atom. The fourth-order valence-electron chi connectivity index (χ4n) is 0.949. The van der Waals surface area contributed by atoms with Crippen molar-refractivity contribution in [1.82, 2.24) is 0 Å². The number of aliphatic carboxylic acids is 1. The van der Waals surface area contributed by atoms with Gasteiger partial charge in [-0.2, -0.15) is 0 Å². The third-order valence-corrected chi connectivity index (χ3v) is 2.53. The van der Waals surface area contributed by atoms with Crippen molar-refractivity contribution in [1.29, 1.82) is 0 Å². The van der Waals surface area contributed by atoms with Gasteiger partial charge in [0.25, 0.3) is 0 Å². The van der Waals surface area contributed by atoms with Gasteiger partial charge < -0.3 is 5.11 Å². The number of carboxylic acid groups (broad SMARTS) is 1. The first-order valence-electron chi connectivity index (χ1n) is 4.13. The molecule has 0 spiro atoms. The summed E-state index contributed by atoms with van der Waals surface area (Å²) in [5.41, 5.74) is 0. The Balaban J connectivity index is 2.36. The van der Waals surface area contributed by atoms with E-state index in [4.69, 9.17) is 5.11 Å². The number of rotatable bonds is 4. The van der Waals surface area contributed by atoms with Crippen molar-refractivity contribution in [2.24, 2.45) is 0 Å². The predicted octanol–water partition coefficient (Wildman–Crippen LogP) is 2.93. The molecule has 1 aromatic rings. The van der Waals surface area contributed by atoms with Crippen LogP contribution in [0.5, 0.6) is 0 Å². The molecule has 1 aromatic heterocycles. The lowest BCUT2D eigenvalue weighted by Crippen LogP contribution is -1.91. The normalized spacial score (nSPS) is 10.8. The molecular formula is C10H12O2S. The van der Waals surface area contributed by atoms with Crippen LogP contribution in [0.25, 0.3) is 6.08 Å². The van der Waals surface area contributed by atoms with Crippen LogP contribution in [0.4, 0.5) is 0 Å². The standard InChI is InChI=1S/C10H12O2S/c1-8-6-7-9(13-8)4-2-3-5-10(11)12/h2,4,6-7H,3,5H2,1H3,(H,11,12). The second-order valence-corrected chi connectivity index (χ2v) is 4.10. The largest absolute Gasteiger partial charge is 0.481 e. The Morgan fingerprint density at radius 3 is 2.92 bits per heavy atom. The smallest absolute Gasteiger partial charge is 0.303 e. The molecular weight excluding hydrogens is 184 g/mol. The van der Waals surface area contributed by atoms with E-state index in [9.17, 15) is 4.79 Å². The SMILES string of the molecule is Cc1ccc(C=CCCC(=O)O)s1. The summed E-state index contributed by atoms with van der Waals surface area (Å²) in [5.74, 6) is -0.744. The highest BCUT2D eigenvalue weighted by atomic mass is 32.1. The van der Waals surface area contributed by atoms with E-state index in [1.165, 1.54) is 9.75 Å². The molecule has 2 nitrogen and oxygen atoms in total. The molecule has 0 unspecified atom stereocenters. The molecule has 13 heavy (non-hydrogen) atoms.